The van der Waals surface area contributed by atoms with Crippen molar-refractivity contribution in [1.29, 1.82) is 0 Å². The van der Waals surface area contributed by atoms with Gasteiger partial charge in [-0.25, -0.2) is 0 Å². The molecule has 0 saturated carbocycles. The van der Waals surface area contributed by atoms with E-state index >= 15 is 0 Å². The molecule has 1 aromatic carbocycles. The summed E-state index contributed by atoms with van der Waals surface area (Å²) in [5.41, 5.74) is -0.332. The van der Waals surface area contributed by atoms with Crippen LogP contribution in [-0.4, -0.2) is 31.2 Å². The predicted molar refractivity (Wildman–Crippen MR) is 77.4 cm³/mol. The van der Waals surface area contributed by atoms with Crippen molar-refractivity contribution in [2.24, 2.45) is 5.41 Å². The minimum absolute atomic E-state index is 0.0887. The van der Waals surface area contributed by atoms with Crippen LogP contribution in [0.25, 0.3) is 0 Å². The number of rotatable bonds is 7. The molecule has 0 aliphatic rings. The molecule has 0 fully saturated rings. The Hall–Kier alpha value is -2.24. The van der Waals surface area contributed by atoms with E-state index < -0.39 is 11.4 Å². The minimum atomic E-state index is -1.09. The average Bonchev–Trinajstić information content (AvgIpc) is 2.44. The Balaban J connectivity index is 2.70. The molecule has 0 aromatic heterocycles. The molecular weight excluding hydrogens is 274 g/mol. The van der Waals surface area contributed by atoms with Crippen molar-refractivity contribution >= 4 is 11.9 Å². The van der Waals surface area contributed by atoms with E-state index in [1.54, 1.807) is 32.4 Å². The number of carbonyl (C=O) groups is 2. The Morgan fingerprint density at radius 2 is 1.90 bits per heavy atom. The molecule has 0 atom stereocenters. The smallest absolute Gasteiger partial charge is 0.309 e. The van der Waals surface area contributed by atoms with Crippen LogP contribution in [0.15, 0.2) is 18.2 Å². The maximum atomic E-state index is 11.8. The molecule has 0 saturated heterocycles. The standard InChI is InChI=1S/C15H21NO5/c1-15(2,14(18)19)8-13(17)16-9-10-7-11(20-3)5-6-12(10)21-4/h5-7H,8-9H2,1-4H3,(H,16,17)(H,18,19). The van der Waals surface area contributed by atoms with Crippen molar-refractivity contribution in [2.45, 2.75) is 26.8 Å². The van der Waals surface area contributed by atoms with Crippen LogP contribution >= 0.6 is 0 Å². The van der Waals surface area contributed by atoms with Gasteiger partial charge in [-0.1, -0.05) is 0 Å². The summed E-state index contributed by atoms with van der Waals surface area (Å²) in [5.74, 6) is -0.0385. The van der Waals surface area contributed by atoms with Crippen LogP contribution in [0.3, 0.4) is 0 Å². The average molecular weight is 295 g/mol. The van der Waals surface area contributed by atoms with Crippen LogP contribution in [0, 0.1) is 5.41 Å². The summed E-state index contributed by atoms with van der Waals surface area (Å²) in [4.78, 5) is 22.8. The van der Waals surface area contributed by atoms with E-state index in [2.05, 4.69) is 5.32 Å². The molecule has 0 radical (unpaired) electrons. The van der Waals surface area contributed by atoms with Gasteiger partial charge in [0.05, 0.1) is 19.6 Å². The molecular formula is C15H21NO5. The number of methoxy groups -OCH3 is 2. The number of benzene rings is 1. The summed E-state index contributed by atoms with van der Waals surface area (Å²) in [6, 6.07) is 5.28. The largest absolute Gasteiger partial charge is 0.497 e. The summed E-state index contributed by atoms with van der Waals surface area (Å²) in [6.45, 7) is 3.27. The summed E-state index contributed by atoms with van der Waals surface area (Å²) in [6.07, 6.45) is -0.0887. The molecule has 0 bridgehead atoms. The van der Waals surface area contributed by atoms with Gasteiger partial charge in [0.15, 0.2) is 0 Å². The lowest BCUT2D eigenvalue weighted by atomic mass is 9.89. The topological polar surface area (TPSA) is 84.9 Å². The molecule has 2 N–H and O–H groups in total. The van der Waals surface area contributed by atoms with E-state index in [1.165, 1.54) is 13.8 Å². The normalized spacial score (nSPS) is 10.9. The van der Waals surface area contributed by atoms with Gasteiger partial charge in [-0.05, 0) is 32.0 Å². The third-order valence-corrected chi connectivity index (χ3v) is 3.15. The Morgan fingerprint density at radius 3 is 2.43 bits per heavy atom. The van der Waals surface area contributed by atoms with E-state index in [0.717, 1.165) is 5.56 Å². The second kappa shape index (κ2) is 6.97. The number of aliphatic carboxylic acids is 1. The van der Waals surface area contributed by atoms with Gasteiger partial charge in [-0.15, -0.1) is 0 Å². The molecule has 116 valence electrons. The second-order valence-electron chi connectivity index (χ2n) is 5.32. The van der Waals surface area contributed by atoms with Crippen molar-refractivity contribution in [1.82, 2.24) is 5.32 Å². The first-order valence-electron chi connectivity index (χ1n) is 6.51. The number of carboxylic acid groups (broad SMARTS) is 1. The van der Waals surface area contributed by atoms with E-state index in [-0.39, 0.29) is 18.9 Å². The number of amides is 1. The number of hydrogen-bond acceptors (Lipinski definition) is 4. The molecule has 0 unspecified atom stereocenters. The number of nitrogens with one attached hydrogen (secondary N) is 1. The zero-order valence-electron chi connectivity index (χ0n) is 12.7. The summed E-state index contributed by atoms with van der Waals surface area (Å²) >= 11 is 0. The van der Waals surface area contributed by atoms with Crippen molar-refractivity contribution in [3.05, 3.63) is 23.8 Å². The molecule has 21 heavy (non-hydrogen) atoms. The van der Waals surface area contributed by atoms with Crippen molar-refractivity contribution < 1.29 is 24.2 Å². The number of carbonyl (C=O) groups excluding carboxylic acids is 1. The minimum Gasteiger partial charge on any atom is -0.497 e. The quantitative estimate of drug-likeness (QED) is 0.801. The van der Waals surface area contributed by atoms with Crippen LogP contribution in [-0.2, 0) is 16.1 Å². The molecule has 6 nitrogen and oxygen atoms in total. The van der Waals surface area contributed by atoms with Crippen LogP contribution < -0.4 is 14.8 Å². The van der Waals surface area contributed by atoms with E-state index in [0.29, 0.717) is 11.5 Å². The zero-order valence-corrected chi connectivity index (χ0v) is 12.7. The van der Waals surface area contributed by atoms with Crippen molar-refractivity contribution in [3.8, 4) is 11.5 Å². The lowest BCUT2D eigenvalue weighted by Gasteiger charge is -2.18. The molecule has 1 rings (SSSR count). The number of carboxylic acids is 1. The molecule has 6 heteroatoms. The Bertz CT molecular complexity index is 525. The molecule has 0 spiro atoms. The van der Waals surface area contributed by atoms with Gasteiger partial charge in [0, 0.05) is 18.5 Å². The highest BCUT2D eigenvalue weighted by Gasteiger charge is 2.30. The Morgan fingerprint density at radius 1 is 1.24 bits per heavy atom. The maximum Gasteiger partial charge on any atom is 0.309 e. The second-order valence-corrected chi connectivity index (χ2v) is 5.32. The third kappa shape index (κ3) is 4.66. The van der Waals surface area contributed by atoms with Crippen LogP contribution in [0.4, 0.5) is 0 Å². The van der Waals surface area contributed by atoms with Gasteiger partial charge in [0.1, 0.15) is 11.5 Å². The first kappa shape index (κ1) is 16.8. The zero-order chi connectivity index (χ0) is 16.0. The molecule has 0 heterocycles. The van der Waals surface area contributed by atoms with Crippen molar-refractivity contribution in [3.63, 3.8) is 0 Å². The lowest BCUT2D eigenvalue weighted by molar-refractivity contribution is -0.149. The fourth-order valence-electron chi connectivity index (χ4n) is 1.75. The van der Waals surface area contributed by atoms with Crippen molar-refractivity contribution in [2.75, 3.05) is 14.2 Å². The van der Waals surface area contributed by atoms with Gasteiger partial charge in [0.2, 0.25) is 5.91 Å². The van der Waals surface area contributed by atoms with Crippen LogP contribution in [0.1, 0.15) is 25.8 Å². The van der Waals surface area contributed by atoms with Gasteiger partial charge < -0.3 is 19.9 Å². The fraction of sp³-hybridized carbons (Fsp3) is 0.467. The highest BCUT2D eigenvalue weighted by Crippen LogP contribution is 2.24. The maximum absolute atomic E-state index is 11.8. The van der Waals surface area contributed by atoms with Crippen LogP contribution in [0.2, 0.25) is 0 Å². The first-order valence-corrected chi connectivity index (χ1v) is 6.51. The summed E-state index contributed by atoms with van der Waals surface area (Å²) in [7, 11) is 3.10. The first-order chi connectivity index (χ1) is 9.80. The molecule has 0 aliphatic carbocycles. The Labute approximate surface area is 124 Å². The predicted octanol–water partition coefficient (Wildman–Crippen LogP) is 1.82. The molecule has 1 aromatic rings. The van der Waals surface area contributed by atoms with Crippen LogP contribution in [0.5, 0.6) is 11.5 Å². The van der Waals surface area contributed by atoms with Gasteiger partial charge in [-0.2, -0.15) is 0 Å². The van der Waals surface area contributed by atoms with Gasteiger partial charge in [-0.3, -0.25) is 9.59 Å². The van der Waals surface area contributed by atoms with E-state index in [4.69, 9.17) is 14.6 Å². The van der Waals surface area contributed by atoms with E-state index in [9.17, 15) is 9.59 Å². The van der Waals surface area contributed by atoms with Gasteiger partial charge in [0.25, 0.3) is 0 Å². The Kier molecular flexibility index (Phi) is 5.58. The number of ether oxygens (including phenoxy) is 2. The van der Waals surface area contributed by atoms with Gasteiger partial charge >= 0.3 is 5.97 Å². The molecule has 0 aliphatic heterocycles. The third-order valence-electron chi connectivity index (χ3n) is 3.15. The molecule has 1 amide bonds. The summed E-state index contributed by atoms with van der Waals surface area (Å²) < 4.78 is 10.3. The highest BCUT2D eigenvalue weighted by atomic mass is 16.5. The lowest BCUT2D eigenvalue weighted by Crippen LogP contribution is -2.33. The summed E-state index contributed by atoms with van der Waals surface area (Å²) in [5, 5.41) is 11.7. The highest BCUT2D eigenvalue weighted by molar-refractivity contribution is 5.84. The monoisotopic (exact) mass is 295 g/mol. The number of hydrogen-bond donors (Lipinski definition) is 2. The fourth-order valence-corrected chi connectivity index (χ4v) is 1.75. The van der Waals surface area contributed by atoms with E-state index in [1.807, 2.05) is 0 Å². The SMILES string of the molecule is COc1ccc(OC)c(CNC(=O)CC(C)(C)C(=O)O)c1.